The van der Waals surface area contributed by atoms with Crippen LogP contribution < -0.4 is 5.32 Å². The highest BCUT2D eigenvalue weighted by atomic mass is 35.5. The lowest BCUT2D eigenvalue weighted by Gasteiger charge is -2.16. The Kier molecular flexibility index (Phi) is 4.96. The minimum Gasteiger partial charge on any atom is -0.344 e. The molecule has 1 saturated carbocycles. The van der Waals surface area contributed by atoms with Crippen LogP contribution in [0.4, 0.5) is 24.8 Å². The number of rotatable bonds is 5. The number of aryl methyl sites for hydroxylation is 2. The van der Waals surface area contributed by atoms with Gasteiger partial charge in [-0.25, -0.2) is 4.98 Å². The maximum Gasteiger partial charge on any atom is 0.389 e. The highest BCUT2D eigenvalue weighted by molar-refractivity contribution is 6.33. The highest BCUT2D eigenvalue weighted by Crippen LogP contribution is 2.52. The van der Waals surface area contributed by atoms with Gasteiger partial charge in [-0.2, -0.15) is 18.3 Å². The number of nitrogens with one attached hydrogen (secondary N) is 1. The Hall–Kier alpha value is -3.34. The van der Waals surface area contributed by atoms with E-state index in [1.165, 1.54) is 0 Å². The van der Waals surface area contributed by atoms with E-state index < -0.39 is 12.6 Å². The van der Waals surface area contributed by atoms with Crippen molar-refractivity contribution >= 4 is 23.2 Å². The van der Waals surface area contributed by atoms with Crippen molar-refractivity contribution in [1.82, 2.24) is 34.1 Å². The van der Waals surface area contributed by atoms with E-state index in [1.807, 2.05) is 36.0 Å². The number of halogens is 4. The molecule has 35 heavy (non-hydrogen) atoms. The minimum absolute atomic E-state index is 0.0138. The number of aromatic nitrogens is 7. The van der Waals surface area contributed by atoms with Gasteiger partial charge in [0, 0.05) is 61.6 Å². The normalized spacial score (nSPS) is 16.1. The van der Waals surface area contributed by atoms with Crippen molar-refractivity contribution in [3.63, 3.8) is 0 Å². The summed E-state index contributed by atoms with van der Waals surface area (Å²) in [5.41, 5.74) is 2.51. The fourth-order valence-electron chi connectivity index (χ4n) is 4.70. The van der Waals surface area contributed by atoms with Crippen molar-refractivity contribution in [3.8, 4) is 22.6 Å². The van der Waals surface area contributed by atoms with Crippen LogP contribution in [0.3, 0.4) is 0 Å². The third kappa shape index (κ3) is 4.18. The molecule has 0 amide bonds. The predicted octanol–water partition coefficient (Wildman–Crippen LogP) is 5.23. The summed E-state index contributed by atoms with van der Waals surface area (Å²) in [6.07, 6.45) is 2.03. The number of anilines is 2. The Balaban J connectivity index is 1.38. The molecule has 182 valence electrons. The lowest BCUT2D eigenvalue weighted by Crippen LogP contribution is -2.18. The molecule has 0 unspecified atom stereocenters. The largest absolute Gasteiger partial charge is 0.389 e. The summed E-state index contributed by atoms with van der Waals surface area (Å²) in [5.74, 6) is 2.37. The predicted molar refractivity (Wildman–Crippen MR) is 124 cm³/mol. The number of hydrogen-bond donors (Lipinski definition) is 1. The van der Waals surface area contributed by atoms with E-state index >= 15 is 0 Å². The number of alkyl halides is 3. The van der Waals surface area contributed by atoms with Gasteiger partial charge in [-0.3, -0.25) is 4.68 Å². The molecular weight excluding hydrogens is 481 g/mol. The Morgan fingerprint density at radius 1 is 1.17 bits per heavy atom. The Bertz CT molecular complexity index is 1410. The second kappa shape index (κ2) is 7.84. The van der Waals surface area contributed by atoms with Crippen LogP contribution in [-0.4, -0.2) is 40.3 Å². The monoisotopic (exact) mass is 502 g/mol. The molecule has 1 fully saturated rings. The smallest absolute Gasteiger partial charge is 0.344 e. The van der Waals surface area contributed by atoms with Crippen LogP contribution >= 0.6 is 11.6 Å². The summed E-state index contributed by atoms with van der Waals surface area (Å²) >= 11 is 6.54. The van der Waals surface area contributed by atoms with Gasteiger partial charge in [-0.15, -0.1) is 10.2 Å². The van der Waals surface area contributed by atoms with E-state index in [4.69, 9.17) is 11.6 Å². The Morgan fingerprint density at radius 2 is 2.00 bits per heavy atom. The zero-order valence-corrected chi connectivity index (χ0v) is 19.6. The third-order valence-corrected chi connectivity index (χ3v) is 7.09. The van der Waals surface area contributed by atoms with Crippen molar-refractivity contribution in [1.29, 1.82) is 0 Å². The van der Waals surface area contributed by atoms with Crippen LogP contribution in [0, 0.1) is 5.41 Å². The zero-order valence-electron chi connectivity index (χ0n) is 18.8. The molecule has 1 aliphatic heterocycles. The standard InChI is InChI=1S/C23H22ClF3N8/c1-33-19(3-7-29-33)30-18-9-15(16(24)10-28-18)14-8-17-21-32-31-20(2-4-23(25,26)27)35(21)13-22(5-6-22)12-34(17)11-14/h3,7-11H,2,4-6,12-13H2,1H3,(H,28,30). The van der Waals surface area contributed by atoms with Gasteiger partial charge >= 0.3 is 6.18 Å². The molecule has 1 aliphatic carbocycles. The van der Waals surface area contributed by atoms with Crippen LogP contribution in [0.5, 0.6) is 0 Å². The molecule has 1 spiro atoms. The SMILES string of the molecule is Cn1nccc1Nc1cc(-c2cc3n(c2)CC2(CC2)Cn2c(CCC(F)(F)F)nnc2-3)c(Cl)cn1. The van der Waals surface area contributed by atoms with Gasteiger partial charge in [0.25, 0.3) is 0 Å². The Morgan fingerprint density at radius 3 is 2.71 bits per heavy atom. The van der Waals surface area contributed by atoms with Gasteiger partial charge in [0.05, 0.1) is 23.3 Å². The van der Waals surface area contributed by atoms with Crippen molar-refractivity contribution in [2.45, 2.75) is 44.9 Å². The fraction of sp³-hybridized carbons (Fsp3) is 0.391. The van der Waals surface area contributed by atoms with Crippen LogP contribution in [0.1, 0.15) is 25.1 Å². The second-order valence-corrected chi connectivity index (χ2v) is 9.80. The van der Waals surface area contributed by atoms with E-state index in [9.17, 15) is 13.2 Å². The average molecular weight is 503 g/mol. The summed E-state index contributed by atoms with van der Waals surface area (Å²) < 4.78 is 44.3. The first-order valence-corrected chi connectivity index (χ1v) is 11.7. The topological polar surface area (TPSA) is 78.4 Å². The van der Waals surface area contributed by atoms with Crippen molar-refractivity contribution in [3.05, 3.63) is 47.6 Å². The van der Waals surface area contributed by atoms with E-state index in [-0.39, 0.29) is 11.8 Å². The first-order chi connectivity index (χ1) is 16.7. The summed E-state index contributed by atoms with van der Waals surface area (Å²) in [7, 11) is 1.83. The minimum atomic E-state index is -4.24. The first-order valence-electron chi connectivity index (χ1n) is 11.3. The number of hydrogen-bond acceptors (Lipinski definition) is 5. The number of nitrogens with zero attached hydrogens (tertiary/aromatic N) is 7. The molecule has 2 aliphatic rings. The summed E-state index contributed by atoms with van der Waals surface area (Å²) in [6, 6.07) is 5.69. The first kappa shape index (κ1) is 22.1. The maximum atomic E-state index is 12.9. The highest BCUT2D eigenvalue weighted by Gasteiger charge is 2.46. The van der Waals surface area contributed by atoms with Gasteiger partial charge in [0.2, 0.25) is 0 Å². The molecule has 6 rings (SSSR count). The third-order valence-electron chi connectivity index (χ3n) is 6.78. The van der Waals surface area contributed by atoms with E-state index in [2.05, 4.69) is 30.2 Å². The molecule has 0 saturated heterocycles. The summed E-state index contributed by atoms with van der Waals surface area (Å²) in [5, 5.41) is 16.3. The van der Waals surface area contributed by atoms with Crippen molar-refractivity contribution < 1.29 is 13.2 Å². The summed E-state index contributed by atoms with van der Waals surface area (Å²) in [6.45, 7) is 1.40. The van der Waals surface area contributed by atoms with Crippen LogP contribution in [0.15, 0.2) is 36.8 Å². The van der Waals surface area contributed by atoms with Gasteiger partial charge in [-0.1, -0.05) is 11.6 Å². The molecule has 1 N–H and O–H groups in total. The molecule has 4 aromatic heterocycles. The van der Waals surface area contributed by atoms with Gasteiger partial charge in [0.15, 0.2) is 5.82 Å². The van der Waals surface area contributed by atoms with Crippen molar-refractivity contribution in [2.75, 3.05) is 5.32 Å². The number of fused-ring (bicyclic) bond motifs is 3. The van der Waals surface area contributed by atoms with Gasteiger partial charge in [-0.05, 0) is 25.0 Å². The molecule has 0 bridgehead atoms. The molecular formula is C23H22ClF3N8. The van der Waals surface area contributed by atoms with E-state index in [0.29, 0.717) is 29.0 Å². The number of pyridine rings is 1. The lowest BCUT2D eigenvalue weighted by atomic mass is 10.1. The van der Waals surface area contributed by atoms with E-state index in [1.54, 1.807) is 17.1 Å². The quantitative estimate of drug-likeness (QED) is 0.404. The molecule has 0 atom stereocenters. The average Bonchev–Trinajstić information content (AvgIpc) is 3.09. The molecule has 8 nitrogen and oxygen atoms in total. The maximum absolute atomic E-state index is 12.9. The fourth-order valence-corrected chi connectivity index (χ4v) is 4.91. The summed E-state index contributed by atoms with van der Waals surface area (Å²) in [4.78, 5) is 4.38. The van der Waals surface area contributed by atoms with Crippen LogP contribution in [0.2, 0.25) is 5.02 Å². The van der Waals surface area contributed by atoms with Crippen LogP contribution in [-0.2, 0) is 26.6 Å². The van der Waals surface area contributed by atoms with Crippen LogP contribution in [0.25, 0.3) is 22.6 Å². The molecule has 12 heteroatoms. The van der Waals surface area contributed by atoms with Crippen molar-refractivity contribution in [2.24, 2.45) is 12.5 Å². The second-order valence-electron chi connectivity index (χ2n) is 9.40. The molecule has 0 aromatic carbocycles. The lowest BCUT2D eigenvalue weighted by molar-refractivity contribution is -0.134. The molecule has 5 heterocycles. The zero-order chi connectivity index (χ0) is 24.4. The Labute approximate surface area is 203 Å². The van der Waals surface area contributed by atoms with Gasteiger partial charge in [0.1, 0.15) is 17.5 Å². The molecule has 0 radical (unpaired) electrons. The van der Waals surface area contributed by atoms with Gasteiger partial charge < -0.3 is 14.5 Å². The molecule has 4 aromatic rings. The van der Waals surface area contributed by atoms with E-state index in [0.717, 1.165) is 42.0 Å².